The van der Waals surface area contributed by atoms with Gasteiger partial charge in [-0.1, -0.05) is 37.3 Å². The van der Waals surface area contributed by atoms with E-state index in [2.05, 4.69) is 42.6 Å². The molecule has 1 heterocycles. The van der Waals surface area contributed by atoms with Crippen LogP contribution in [0.3, 0.4) is 0 Å². The molecule has 1 aliphatic heterocycles. The van der Waals surface area contributed by atoms with Crippen LogP contribution in [0.2, 0.25) is 0 Å². The molecule has 0 aromatic heterocycles. The Morgan fingerprint density at radius 2 is 1.71 bits per heavy atom. The minimum absolute atomic E-state index is 0.462. The fourth-order valence-electron chi connectivity index (χ4n) is 3.38. The molecule has 0 bridgehead atoms. The van der Waals surface area contributed by atoms with E-state index < -0.39 is 0 Å². The molecule has 3 rings (SSSR count). The standard InChI is InChI=1S/C13H17N/c1-12(11-5-3-2-4-6-11)7-13(8-12)9-14-10-13/h2-6,14H,7-10H2,1H3. The van der Waals surface area contributed by atoms with Crippen molar-refractivity contribution in [2.45, 2.75) is 25.2 Å². The van der Waals surface area contributed by atoms with E-state index >= 15 is 0 Å². The van der Waals surface area contributed by atoms with Gasteiger partial charge in [0.1, 0.15) is 0 Å². The zero-order valence-electron chi connectivity index (χ0n) is 8.72. The highest BCUT2D eigenvalue weighted by Gasteiger charge is 2.55. The third-order valence-electron chi connectivity index (χ3n) is 4.00. The number of rotatable bonds is 1. The Balaban J connectivity index is 1.81. The largest absolute Gasteiger partial charge is 0.316 e. The van der Waals surface area contributed by atoms with Crippen LogP contribution in [-0.4, -0.2) is 13.1 Å². The summed E-state index contributed by atoms with van der Waals surface area (Å²) in [6, 6.07) is 11.0. The van der Waals surface area contributed by atoms with Crippen molar-refractivity contribution in [1.82, 2.24) is 5.32 Å². The molecule has 0 unspecified atom stereocenters. The van der Waals surface area contributed by atoms with E-state index in [1.54, 1.807) is 0 Å². The first-order valence-corrected chi connectivity index (χ1v) is 5.49. The van der Waals surface area contributed by atoms with Gasteiger partial charge < -0.3 is 5.32 Å². The molecule has 1 heteroatoms. The van der Waals surface area contributed by atoms with E-state index in [0.717, 1.165) is 0 Å². The Kier molecular flexibility index (Phi) is 1.58. The quantitative estimate of drug-likeness (QED) is 0.711. The molecule has 74 valence electrons. The molecule has 2 aliphatic rings. The molecule has 1 aliphatic carbocycles. The Morgan fingerprint density at radius 1 is 1.07 bits per heavy atom. The highest BCUT2D eigenvalue weighted by Crippen LogP contribution is 2.57. The van der Waals surface area contributed by atoms with Crippen molar-refractivity contribution in [2.75, 3.05) is 13.1 Å². The van der Waals surface area contributed by atoms with E-state index in [4.69, 9.17) is 0 Å². The summed E-state index contributed by atoms with van der Waals surface area (Å²) in [6.45, 7) is 4.90. The van der Waals surface area contributed by atoms with Gasteiger partial charge in [-0.15, -0.1) is 0 Å². The fraction of sp³-hybridized carbons (Fsp3) is 0.538. The summed E-state index contributed by atoms with van der Waals surface area (Å²) in [7, 11) is 0. The maximum Gasteiger partial charge on any atom is 0.00209 e. The SMILES string of the molecule is CC1(c2ccccc2)CC2(CNC2)C1. The van der Waals surface area contributed by atoms with Gasteiger partial charge in [0.05, 0.1) is 0 Å². The number of nitrogens with one attached hydrogen (secondary N) is 1. The van der Waals surface area contributed by atoms with Gasteiger partial charge in [0.15, 0.2) is 0 Å². The molecule has 1 nitrogen and oxygen atoms in total. The zero-order chi connectivity index (χ0) is 9.65. The van der Waals surface area contributed by atoms with Crippen LogP contribution < -0.4 is 5.32 Å². The molecule has 1 aromatic carbocycles. The predicted molar refractivity (Wildman–Crippen MR) is 58.3 cm³/mol. The second-order valence-corrected chi connectivity index (χ2v) is 5.38. The van der Waals surface area contributed by atoms with Crippen LogP contribution in [0.4, 0.5) is 0 Å². The van der Waals surface area contributed by atoms with Gasteiger partial charge in [-0.3, -0.25) is 0 Å². The van der Waals surface area contributed by atoms with Crippen molar-refractivity contribution >= 4 is 0 Å². The van der Waals surface area contributed by atoms with E-state index in [1.165, 1.54) is 31.5 Å². The summed E-state index contributed by atoms with van der Waals surface area (Å²) in [5.41, 5.74) is 2.66. The van der Waals surface area contributed by atoms with Crippen LogP contribution in [0.15, 0.2) is 30.3 Å². The summed E-state index contributed by atoms with van der Waals surface area (Å²) in [5, 5.41) is 3.39. The van der Waals surface area contributed by atoms with Crippen molar-refractivity contribution in [3.63, 3.8) is 0 Å². The zero-order valence-corrected chi connectivity index (χ0v) is 8.72. The molecule has 1 N–H and O–H groups in total. The molecule has 14 heavy (non-hydrogen) atoms. The highest BCUT2D eigenvalue weighted by atomic mass is 15.0. The Hall–Kier alpha value is -0.820. The van der Waals surface area contributed by atoms with Gasteiger partial charge in [0.25, 0.3) is 0 Å². The molecule has 1 aromatic rings. The Bertz CT molecular complexity index is 330. The molecular formula is C13H17N. The van der Waals surface area contributed by atoms with E-state index in [1.807, 2.05) is 0 Å². The summed E-state index contributed by atoms with van der Waals surface area (Å²) in [5.74, 6) is 0. The summed E-state index contributed by atoms with van der Waals surface area (Å²) >= 11 is 0. The summed E-state index contributed by atoms with van der Waals surface area (Å²) in [4.78, 5) is 0. The maximum absolute atomic E-state index is 3.39. The predicted octanol–water partition coefficient (Wildman–Crippen LogP) is 2.33. The van der Waals surface area contributed by atoms with Crippen LogP contribution >= 0.6 is 0 Å². The Morgan fingerprint density at radius 3 is 2.21 bits per heavy atom. The molecule has 2 fully saturated rings. The minimum atomic E-state index is 0.462. The molecule has 1 saturated heterocycles. The maximum atomic E-state index is 3.39. The third-order valence-corrected chi connectivity index (χ3v) is 4.00. The minimum Gasteiger partial charge on any atom is -0.316 e. The molecule has 0 amide bonds. The summed E-state index contributed by atoms with van der Waals surface area (Å²) in [6.07, 6.45) is 2.74. The smallest absolute Gasteiger partial charge is 0.00209 e. The van der Waals surface area contributed by atoms with Gasteiger partial charge in [0.2, 0.25) is 0 Å². The highest BCUT2D eigenvalue weighted by molar-refractivity contribution is 5.30. The lowest BCUT2D eigenvalue weighted by Crippen LogP contribution is -2.64. The third kappa shape index (κ3) is 1.05. The van der Waals surface area contributed by atoms with Gasteiger partial charge in [-0.05, 0) is 29.2 Å². The van der Waals surface area contributed by atoms with Gasteiger partial charge in [0, 0.05) is 13.1 Å². The second-order valence-electron chi connectivity index (χ2n) is 5.38. The molecule has 1 spiro atoms. The van der Waals surface area contributed by atoms with Crippen molar-refractivity contribution in [1.29, 1.82) is 0 Å². The first-order chi connectivity index (χ1) is 6.73. The number of hydrogen-bond acceptors (Lipinski definition) is 1. The molecular weight excluding hydrogens is 170 g/mol. The van der Waals surface area contributed by atoms with Crippen LogP contribution in [0.25, 0.3) is 0 Å². The van der Waals surface area contributed by atoms with Crippen molar-refractivity contribution in [3.8, 4) is 0 Å². The van der Waals surface area contributed by atoms with Crippen LogP contribution in [0.1, 0.15) is 25.3 Å². The van der Waals surface area contributed by atoms with Crippen LogP contribution in [0.5, 0.6) is 0 Å². The van der Waals surface area contributed by atoms with Gasteiger partial charge in [-0.25, -0.2) is 0 Å². The first kappa shape index (κ1) is 8.49. The average molecular weight is 187 g/mol. The lowest BCUT2D eigenvalue weighted by atomic mass is 9.49. The average Bonchev–Trinajstić information content (AvgIpc) is 2.11. The van der Waals surface area contributed by atoms with Crippen LogP contribution in [-0.2, 0) is 5.41 Å². The second kappa shape index (κ2) is 2.60. The normalized spacial score (nSPS) is 26.6. The number of hydrogen-bond donors (Lipinski definition) is 1. The topological polar surface area (TPSA) is 12.0 Å². The summed E-state index contributed by atoms with van der Waals surface area (Å²) < 4.78 is 0. The van der Waals surface area contributed by atoms with E-state index in [0.29, 0.717) is 10.8 Å². The molecule has 1 saturated carbocycles. The van der Waals surface area contributed by atoms with E-state index in [-0.39, 0.29) is 0 Å². The van der Waals surface area contributed by atoms with Gasteiger partial charge in [-0.2, -0.15) is 0 Å². The van der Waals surface area contributed by atoms with Crippen LogP contribution in [0, 0.1) is 5.41 Å². The van der Waals surface area contributed by atoms with Gasteiger partial charge >= 0.3 is 0 Å². The first-order valence-electron chi connectivity index (χ1n) is 5.49. The Labute approximate surface area is 85.5 Å². The van der Waals surface area contributed by atoms with Crippen molar-refractivity contribution < 1.29 is 0 Å². The monoisotopic (exact) mass is 187 g/mol. The lowest BCUT2D eigenvalue weighted by Gasteiger charge is -2.60. The van der Waals surface area contributed by atoms with Crippen molar-refractivity contribution in [3.05, 3.63) is 35.9 Å². The molecule has 0 atom stereocenters. The van der Waals surface area contributed by atoms with Crippen molar-refractivity contribution in [2.24, 2.45) is 5.41 Å². The lowest BCUT2D eigenvalue weighted by molar-refractivity contribution is -0.0165. The number of benzene rings is 1. The fourth-order valence-corrected chi connectivity index (χ4v) is 3.38. The molecule has 0 radical (unpaired) electrons. The van der Waals surface area contributed by atoms with E-state index in [9.17, 15) is 0 Å².